The molecule has 1 aromatic heterocycles. The first-order valence-electron chi connectivity index (χ1n) is 11.4. The first kappa shape index (κ1) is 24.7. The van der Waals surface area contributed by atoms with Gasteiger partial charge in [0.25, 0.3) is 5.91 Å². The number of amides is 1. The summed E-state index contributed by atoms with van der Waals surface area (Å²) in [4.78, 5) is 16.6. The van der Waals surface area contributed by atoms with Crippen molar-refractivity contribution in [3.05, 3.63) is 78.0 Å². The lowest BCUT2D eigenvalue weighted by atomic mass is 10.1. The number of sulfonamides is 1. The summed E-state index contributed by atoms with van der Waals surface area (Å²) in [6.07, 6.45) is 4.27. The molecule has 1 heterocycles. The maximum atomic E-state index is 12.2. The number of hydrogen-bond acceptors (Lipinski definition) is 7. The van der Waals surface area contributed by atoms with E-state index < -0.39 is 15.9 Å². The highest BCUT2D eigenvalue weighted by atomic mass is 32.2. The van der Waals surface area contributed by atoms with Gasteiger partial charge < -0.3 is 14.2 Å². The van der Waals surface area contributed by atoms with Crippen molar-refractivity contribution in [3.63, 3.8) is 0 Å². The van der Waals surface area contributed by atoms with Crippen LogP contribution in [0.5, 0.6) is 11.6 Å². The first-order chi connectivity index (χ1) is 16.9. The summed E-state index contributed by atoms with van der Waals surface area (Å²) in [5, 5.41) is 0. The van der Waals surface area contributed by atoms with Crippen LogP contribution in [-0.2, 0) is 21.4 Å². The number of nitrogens with one attached hydrogen (secondary N) is 1. The second kappa shape index (κ2) is 11.3. The van der Waals surface area contributed by atoms with E-state index in [9.17, 15) is 13.2 Å². The van der Waals surface area contributed by atoms with Crippen molar-refractivity contribution in [2.75, 3.05) is 26.1 Å². The first-order valence-corrected chi connectivity index (χ1v) is 13.0. The molecule has 9 heteroatoms. The molecule has 0 atom stereocenters. The molecule has 1 fully saturated rings. The van der Waals surface area contributed by atoms with Crippen molar-refractivity contribution in [2.45, 2.75) is 19.4 Å². The molecule has 0 spiro atoms. The number of nitrogens with zero attached hydrogens (tertiary/aromatic N) is 1. The number of carbonyl (C=O) groups excluding carboxylic acids is 1. The number of methoxy groups -OCH3 is 1. The maximum Gasteiger partial charge on any atom is 0.264 e. The summed E-state index contributed by atoms with van der Waals surface area (Å²) in [5.41, 5.74) is 3.03. The van der Waals surface area contributed by atoms with Crippen LogP contribution in [0.15, 0.2) is 66.9 Å². The highest BCUT2D eigenvalue weighted by molar-refractivity contribution is 7.90. The van der Waals surface area contributed by atoms with Gasteiger partial charge in [-0.3, -0.25) is 4.79 Å². The summed E-state index contributed by atoms with van der Waals surface area (Å²) >= 11 is 0. The molecule has 35 heavy (non-hydrogen) atoms. The van der Waals surface area contributed by atoms with Crippen LogP contribution >= 0.6 is 0 Å². The third-order valence-electron chi connectivity index (χ3n) is 5.49. The zero-order chi connectivity index (χ0) is 24.7. The van der Waals surface area contributed by atoms with E-state index in [1.165, 1.54) is 20.0 Å². The third-order valence-corrected chi connectivity index (χ3v) is 6.69. The van der Waals surface area contributed by atoms with E-state index in [1.807, 2.05) is 41.1 Å². The van der Waals surface area contributed by atoms with Gasteiger partial charge in [-0.25, -0.2) is 18.1 Å². The number of ether oxygens (including phenoxy) is 3. The van der Waals surface area contributed by atoms with Crippen LogP contribution in [0.3, 0.4) is 0 Å². The Morgan fingerprint density at radius 3 is 2.51 bits per heavy atom. The molecule has 8 nitrogen and oxygen atoms in total. The van der Waals surface area contributed by atoms with E-state index in [4.69, 9.17) is 14.2 Å². The van der Waals surface area contributed by atoms with Crippen LogP contribution in [0.25, 0.3) is 11.1 Å². The fraction of sp³-hybridized carbons (Fsp3) is 0.308. The molecule has 1 amide bonds. The van der Waals surface area contributed by atoms with Gasteiger partial charge in [-0.05, 0) is 60.2 Å². The molecular weight excluding hydrogens is 468 g/mol. The molecular formula is C26H28N2O6S. The zero-order valence-corrected chi connectivity index (χ0v) is 20.3. The Balaban J connectivity index is 1.31. The van der Waals surface area contributed by atoms with Gasteiger partial charge in [0, 0.05) is 30.5 Å². The molecule has 1 saturated carbocycles. The Morgan fingerprint density at radius 1 is 1.03 bits per heavy atom. The Morgan fingerprint density at radius 2 is 1.83 bits per heavy atom. The lowest BCUT2D eigenvalue weighted by Crippen LogP contribution is -2.33. The Bertz CT molecular complexity index is 1240. The fourth-order valence-corrected chi connectivity index (χ4v) is 4.14. The summed E-state index contributed by atoms with van der Waals surface area (Å²) in [5.74, 6) is 1.05. The Labute approximate surface area is 205 Å². The molecule has 1 aliphatic rings. The zero-order valence-electron chi connectivity index (χ0n) is 19.5. The highest BCUT2D eigenvalue weighted by Crippen LogP contribution is 2.30. The Kier molecular flexibility index (Phi) is 7.99. The third kappa shape index (κ3) is 7.53. The molecule has 184 valence electrons. The van der Waals surface area contributed by atoms with Crippen LogP contribution in [0.4, 0.5) is 0 Å². The van der Waals surface area contributed by atoms with E-state index in [2.05, 4.69) is 4.98 Å². The number of rotatable bonds is 12. The number of hydrogen-bond donors (Lipinski definition) is 1. The standard InChI is InChI=1S/C26H28N2O6S/c1-32-13-14-35(30,31)28-26(29)21-9-7-20(8-10-21)17-33-24-4-2-3-22(15-24)23-11-12-25(27-16-23)34-18-19-5-6-19/h2-4,7-12,15-16,19H,5-6,13-14,17-18H2,1H3,(H,28,29). The molecule has 0 radical (unpaired) electrons. The van der Waals surface area contributed by atoms with Crippen LogP contribution in [0.2, 0.25) is 0 Å². The van der Waals surface area contributed by atoms with Crippen molar-refractivity contribution in [2.24, 2.45) is 5.92 Å². The minimum Gasteiger partial charge on any atom is -0.489 e. The molecule has 0 bridgehead atoms. The average Bonchev–Trinajstić information content (AvgIpc) is 3.70. The molecule has 1 aliphatic carbocycles. The monoisotopic (exact) mass is 496 g/mol. The van der Waals surface area contributed by atoms with Crippen molar-refractivity contribution < 1.29 is 27.4 Å². The van der Waals surface area contributed by atoms with E-state index >= 15 is 0 Å². The number of carbonyl (C=O) groups is 1. The van der Waals surface area contributed by atoms with Gasteiger partial charge in [0.2, 0.25) is 15.9 Å². The summed E-state index contributed by atoms with van der Waals surface area (Å²) in [6, 6.07) is 18.2. The normalized spacial score (nSPS) is 13.3. The number of aromatic nitrogens is 1. The van der Waals surface area contributed by atoms with Crippen molar-refractivity contribution in [1.82, 2.24) is 9.71 Å². The topological polar surface area (TPSA) is 104 Å². The Hall–Kier alpha value is -3.43. The van der Waals surface area contributed by atoms with E-state index in [1.54, 1.807) is 30.5 Å². The summed E-state index contributed by atoms with van der Waals surface area (Å²) in [6.45, 7) is 1.04. The van der Waals surface area contributed by atoms with Gasteiger partial charge in [-0.1, -0.05) is 24.3 Å². The van der Waals surface area contributed by atoms with Gasteiger partial charge >= 0.3 is 0 Å². The van der Waals surface area contributed by atoms with Crippen LogP contribution in [0, 0.1) is 5.92 Å². The highest BCUT2D eigenvalue weighted by Gasteiger charge is 2.22. The van der Waals surface area contributed by atoms with Gasteiger partial charge in [0.1, 0.15) is 12.4 Å². The van der Waals surface area contributed by atoms with Gasteiger partial charge in [-0.2, -0.15) is 0 Å². The lowest BCUT2D eigenvalue weighted by molar-refractivity contribution is 0.0981. The predicted molar refractivity (Wildman–Crippen MR) is 132 cm³/mol. The second-order valence-corrected chi connectivity index (χ2v) is 10.2. The lowest BCUT2D eigenvalue weighted by Gasteiger charge is -2.10. The molecule has 0 unspecified atom stereocenters. The SMILES string of the molecule is COCCS(=O)(=O)NC(=O)c1ccc(COc2cccc(-c3ccc(OCC4CC4)nc3)c2)cc1. The average molecular weight is 497 g/mol. The number of pyridine rings is 1. The molecule has 4 rings (SSSR count). The van der Waals surface area contributed by atoms with E-state index in [0.29, 0.717) is 24.2 Å². The molecule has 0 aliphatic heterocycles. The van der Waals surface area contributed by atoms with Gasteiger partial charge in [0.15, 0.2) is 0 Å². The van der Waals surface area contributed by atoms with E-state index in [0.717, 1.165) is 23.3 Å². The predicted octanol–water partition coefficient (Wildman–Crippen LogP) is 3.82. The second-order valence-electron chi connectivity index (χ2n) is 8.40. The smallest absolute Gasteiger partial charge is 0.264 e. The number of benzene rings is 2. The largest absolute Gasteiger partial charge is 0.489 e. The van der Waals surface area contributed by atoms with Gasteiger partial charge in [-0.15, -0.1) is 0 Å². The molecule has 2 aromatic carbocycles. The molecule has 3 aromatic rings. The van der Waals surface area contributed by atoms with Crippen LogP contribution in [0.1, 0.15) is 28.8 Å². The summed E-state index contributed by atoms with van der Waals surface area (Å²) in [7, 11) is -2.34. The van der Waals surface area contributed by atoms with Gasteiger partial charge in [0.05, 0.1) is 19.0 Å². The van der Waals surface area contributed by atoms with Crippen LogP contribution in [-0.4, -0.2) is 45.4 Å². The fourth-order valence-electron chi connectivity index (χ4n) is 3.25. The molecule has 0 saturated heterocycles. The van der Waals surface area contributed by atoms with Crippen molar-refractivity contribution in [1.29, 1.82) is 0 Å². The summed E-state index contributed by atoms with van der Waals surface area (Å²) < 4.78 is 42.1. The van der Waals surface area contributed by atoms with Crippen LogP contribution < -0.4 is 14.2 Å². The maximum absolute atomic E-state index is 12.2. The quantitative estimate of drug-likeness (QED) is 0.406. The minimum absolute atomic E-state index is 0.0106. The van der Waals surface area contributed by atoms with Crippen molar-refractivity contribution in [3.8, 4) is 22.8 Å². The molecule has 1 N–H and O–H groups in total. The minimum atomic E-state index is -3.74. The van der Waals surface area contributed by atoms with Crippen molar-refractivity contribution >= 4 is 15.9 Å². The van der Waals surface area contributed by atoms with E-state index in [-0.39, 0.29) is 17.9 Å².